The lowest BCUT2D eigenvalue weighted by Gasteiger charge is -2.37. The fourth-order valence-electron chi connectivity index (χ4n) is 4.29. The highest BCUT2D eigenvalue weighted by atomic mass is 16.5. The third-order valence-electron chi connectivity index (χ3n) is 6.05. The highest BCUT2D eigenvalue weighted by Gasteiger charge is 2.27. The predicted molar refractivity (Wildman–Crippen MR) is 121 cm³/mol. The van der Waals surface area contributed by atoms with Gasteiger partial charge in [0.05, 0.1) is 26.4 Å². The summed E-state index contributed by atoms with van der Waals surface area (Å²) in [6.07, 6.45) is 1.84. The molecule has 10 nitrogen and oxygen atoms in total. The first-order chi connectivity index (χ1) is 15.3. The van der Waals surface area contributed by atoms with E-state index < -0.39 is 0 Å². The van der Waals surface area contributed by atoms with Crippen molar-refractivity contribution >= 4 is 29.1 Å². The lowest BCUT2D eigenvalue weighted by molar-refractivity contribution is 0.122. The summed E-state index contributed by atoms with van der Waals surface area (Å²) in [5.41, 5.74) is 7.27. The van der Waals surface area contributed by atoms with Gasteiger partial charge in [0.15, 0.2) is 11.6 Å². The van der Waals surface area contributed by atoms with Crippen LogP contribution in [0, 0.1) is 0 Å². The Bertz CT molecular complexity index is 824. The number of nitrogen functional groups attached to an aromatic ring is 1. The average molecular weight is 427 g/mol. The maximum atomic E-state index is 6.62. The number of hydrogen-bond acceptors (Lipinski definition) is 10. The SMILES string of the molecule is Nc1c(N2CCOCC2)nc(N2CCN(c3ccccn3)CC2)nc1N1CCOCC1. The zero-order valence-corrected chi connectivity index (χ0v) is 17.8. The van der Waals surface area contributed by atoms with E-state index >= 15 is 0 Å². The minimum Gasteiger partial charge on any atom is -0.393 e. The molecule has 0 unspecified atom stereocenters. The lowest BCUT2D eigenvalue weighted by atomic mass is 10.3. The van der Waals surface area contributed by atoms with Crippen molar-refractivity contribution in [3.05, 3.63) is 24.4 Å². The van der Waals surface area contributed by atoms with Gasteiger partial charge in [-0.05, 0) is 12.1 Å². The minimum absolute atomic E-state index is 0.652. The van der Waals surface area contributed by atoms with Gasteiger partial charge < -0.3 is 34.8 Å². The number of aromatic nitrogens is 3. The van der Waals surface area contributed by atoms with Crippen LogP contribution in [0.5, 0.6) is 0 Å². The summed E-state index contributed by atoms with van der Waals surface area (Å²) in [7, 11) is 0. The predicted octanol–water partition coefficient (Wildman–Crippen LogP) is 0.454. The van der Waals surface area contributed by atoms with Gasteiger partial charge in [-0.15, -0.1) is 0 Å². The summed E-state index contributed by atoms with van der Waals surface area (Å²) in [6.45, 7) is 9.35. The Balaban J connectivity index is 1.41. The number of anilines is 5. The number of piperazine rings is 1. The molecule has 31 heavy (non-hydrogen) atoms. The van der Waals surface area contributed by atoms with Gasteiger partial charge in [-0.1, -0.05) is 6.07 Å². The maximum Gasteiger partial charge on any atom is 0.229 e. The van der Waals surface area contributed by atoms with Crippen LogP contribution in [0.1, 0.15) is 0 Å². The highest BCUT2D eigenvalue weighted by molar-refractivity contribution is 5.78. The summed E-state index contributed by atoms with van der Waals surface area (Å²) in [5, 5.41) is 0. The molecule has 0 bridgehead atoms. The zero-order valence-electron chi connectivity index (χ0n) is 17.8. The second-order valence-electron chi connectivity index (χ2n) is 7.95. The molecule has 5 rings (SSSR count). The lowest BCUT2D eigenvalue weighted by Crippen LogP contribution is -2.48. The van der Waals surface area contributed by atoms with Crippen molar-refractivity contribution in [1.82, 2.24) is 15.0 Å². The van der Waals surface area contributed by atoms with Gasteiger partial charge in [0.1, 0.15) is 11.5 Å². The summed E-state index contributed by atoms with van der Waals surface area (Å²) in [5.74, 6) is 3.41. The van der Waals surface area contributed by atoms with Gasteiger partial charge in [0, 0.05) is 58.6 Å². The number of rotatable bonds is 4. The molecule has 0 aromatic carbocycles. The molecular weight excluding hydrogens is 396 g/mol. The van der Waals surface area contributed by atoms with E-state index in [-0.39, 0.29) is 0 Å². The van der Waals surface area contributed by atoms with Gasteiger partial charge in [-0.25, -0.2) is 4.98 Å². The minimum atomic E-state index is 0.652. The average Bonchev–Trinajstić information content (AvgIpc) is 2.86. The smallest absolute Gasteiger partial charge is 0.229 e. The van der Waals surface area contributed by atoms with Gasteiger partial charge in [-0.3, -0.25) is 0 Å². The third kappa shape index (κ3) is 4.31. The van der Waals surface area contributed by atoms with Gasteiger partial charge in [0.25, 0.3) is 0 Å². The van der Waals surface area contributed by atoms with E-state index in [2.05, 4.69) is 30.6 Å². The molecule has 2 aromatic rings. The number of pyridine rings is 1. The Labute approximate surface area is 182 Å². The van der Waals surface area contributed by atoms with Crippen molar-refractivity contribution in [3.8, 4) is 0 Å². The van der Waals surface area contributed by atoms with Gasteiger partial charge in [-0.2, -0.15) is 9.97 Å². The second-order valence-corrected chi connectivity index (χ2v) is 7.95. The maximum absolute atomic E-state index is 6.62. The fourth-order valence-corrected chi connectivity index (χ4v) is 4.29. The molecule has 166 valence electrons. The van der Waals surface area contributed by atoms with E-state index in [1.165, 1.54) is 0 Å². The molecule has 0 atom stereocenters. The second kappa shape index (κ2) is 9.11. The molecule has 2 N–H and O–H groups in total. The van der Waals surface area contributed by atoms with E-state index in [4.69, 9.17) is 25.2 Å². The Morgan fingerprint density at radius 1 is 0.677 bits per heavy atom. The molecule has 2 aromatic heterocycles. The molecule has 5 heterocycles. The summed E-state index contributed by atoms with van der Waals surface area (Å²) >= 11 is 0. The van der Waals surface area contributed by atoms with Crippen LogP contribution in [0.4, 0.5) is 29.1 Å². The zero-order chi connectivity index (χ0) is 21.0. The van der Waals surface area contributed by atoms with Crippen molar-refractivity contribution in [1.29, 1.82) is 0 Å². The Hall–Kier alpha value is -2.85. The molecule has 0 radical (unpaired) electrons. The van der Waals surface area contributed by atoms with Crippen LogP contribution in [-0.4, -0.2) is 93.7 Å². The Morgan fingerprint density at radius 3 is 1.74 bits per heavy atom. The standard InChI is InChI=1S/C21H30N8O2/c22-18-19(27-9-13-30-14-10-27)24-21(25-20(18)28-11-15-31-16-12-28)29-7-5-26(6-8-29)17-3-1-2-4-23-17/h1-4H,5-16,22H2. The largest absolute Gasteiger partial charge is 0.393 e. The van der Waals surface area contributed by atoms with E-state index in [0.717, 1.165) is 75.8 Å². The molecule has 0 spiro atoms. The molecule has 3 saturated heterocycles. The molecular formula is C21H30N8O2. The van der Waals surface area contributed by atoms with Crippen LogP contribution >= 0.6 is 0 Å². The number of nitrogens with two attached hydrogens (primary N) is 1. The van der Waals surface area contributed by atoms with Crippen molar-refractivity contribution in [3.63, 3.8) is 0 Å². The van der Waals surface area contributed by atoms with E-state index in [0.29, 0.717) is 32.1 Å². The molecule has 3 aliphatic rings. The normalized spacial score (nSPS) is 20.3. The topological polar surface area (TPSA) is 96.1 Å². The van der Waals surface area contributed by atoms with Gasteiger partial charge >= 0.3 is 0 Å². The van der Waals surface area contributed by atoms with Crippen LogP contribution < -0.4 is 25.3 Å². The van der Waals surface area contributed by atoms with Crippen LogP contribution in [-0.2, 0) is 9.47 Å². The molecule has 0 saturated carbocycles. The fraction of sp³-hybridized carbons (Fsp3) is 0.571. The first kappa shape index (κ1) is 20.1. The van der Waals surface area contributed by atoms with Crippen molar-refractivity contribution in [2.45, 2.75) is 0 Å². The summed E-state index contributed by atoms with van der Waals surface area (Å²) in [6, 6.07) is 6.03. The van der Waals surface area contributed by atoms with E-state index in [9.17, 15) is 0 Å². The molecule has 10 heteroatoms. The number of nitrogens with zero attached hydrogens (tertiary/aromatic N) is 7. The first-order valence-corrected chi connectivity index (χ1v) is 11.0. The summed E-state index contributed by atoms with van der Waals surface area (Å²) in [4.78, 5) is 23.4. The van der Waals surface area contributed by atoms with Crippen LogP contribution in [0.15, 0.2) is 24.4 Å². The van der Waals surface area contributed by atoms with Crippen molar-refractivity contribution in [2.24, 2.45) is 0 Å². The van der Waals surface area contributed by atoms with Crippen molar-refractivity contribution < 1.29 is 9.47 Å². The van der Waals surface area contributed by atoms with E-state index in [1.54, 1.807) is 0 Å². The highest BCUT2D eigenvalue weighted by Crippen LogP contribution is 2.33. The number of hydrogen-bond donors (Lipinski definition) is 1. The molecule has 3 fully saturated rings. The number of morpholine rings is 2. The molecule has 0 amide bonds. The van der Waals surface area contributed by atoms with Crippen LogP contribution in [0.3, 0.4) is 0 Å². The van der Waals surface area contributed by atoms with E-state index in [1.807, 2.05) is 18.3 Å². The summed E-state index contributed by atoms with van der Waals surface area (Å²) < 4.78 is 11.1. The number of ether oxygens (including phenoxy) is 2. The Morgan fingerprint density at radius 2 is 1.23 bits per heavy atom. The van der Waals surface area contributed by atoms with Crippen LogP contribution in [0.25, 0.3) is 0 Å². The monoisotopic (exact) mass is 426 g/mol. The molecule has 3 aliphatic heterocycles. The first-order valence-electron chi connectivity index (χ1n) is 11.0. The van der Waals surface area contributed by atoms with Crippen LogP contribution in [0.2, 0.25) is 0 Å². The van der Waals surface area contributed by atoms with Gasteiger partial charge in [0.2, 0.25) is 5.95 Å². The third-order valence-corrected chi connectivity index (χ3v) is 6.05. The van der Waals surface area contributed by atoms with Crippen molar-refractivity contribution in [2.75, 3.05) is 104 Å². The molecule has 0 aliphatic carbocycles. The quantitative estimate of drug-likeness (QED) is 0.742. The Kier molecular flexibility index (Phi) is 5.90.